The maximum Gasteiger partial charge on any atom is 0.330 e. The van der Waals surface area contributed by atoms with Gasteiger partial charge in [-0.25, -0.2) is 9.59 Å². The van der Waals surface area contributed by atoms with Crippen molar-refractivity contribution in [1.29, 1.82) is 0 Å². The van der Waals surface area contributed by atoms with Gasteiger partial charge in [0.05, 0.1) is 20.3 Å². The van der Waals surface area contributed by atoms with Gasteiger partial charge in [-0.1, -0.05) is 36.4 Å². The topological polar surface area (TPSA) is 71.1 Å². The number of carbonyl (C=O) groups excluding carboxylic acids is 2. The zero-order valence-corrected chi connectivity index (χ0v) is 19.4. The SMILES string of the molecule is COC(=O)/C=C/c1ccc2c(c1)=CCC1OCOc3ccc4cc(/C=C/C(=O)OC)ccc4c3C=21. The molecule has 0 amide bonds. The molecule has 0 bridgehead atoms. The first-order valence-electron chi connectivity index (χ1n) is 11.3. The number of esters is 2. The van der Waals surface area contributed by atoms with E-state index in [1.54, 1.807) is 12.2 Å². The molecule has 6 heteroatoms. The van der Waals surface area contributed by atoms with E-state index in [2.05, 4.69) is 24.3 Å². The molecule has 3 aromatic carbocycles. The van der Waals surface area contributed by atoms with Crippen LogP contribution >= 0.6 is 0 Å². The van der Waals surface area contributed by atoms with Crippen molar-refractivity contribution in [3.8, 4) is 5.75 Å². The van der Waals surface area contributed by atoms with E-state index >= 15 is 0 Å². The maximum atomic E-state index is 11.5. The van der Waals surface area contributed by atoms with Crippen LogP contribution in [0.2, 0.25) is 0 Å². The molecule has 0 radical (unpaired) electrons. The van der Waals surface area contributed by atoms with Crippen LogP contribution in [0.25, 0.3) is 34.6 Å². The molecule has 0 N–H and O–H groups in total. The van der Waals surface area contributed by atoms with Gasteiger partial charge in [0.2, 0.25) is 0 Å². The third kappa shape index (κ3) is 4.48. The normalized spacial score (nSPS) is 16.6. The average Bonchev–Trinajstić information content (AvgIpc) is 3.09. The van der Waals surface area contributed by atoms with E-state index < -0.39 is 11.9 Å². The van der Waals surface area contributed by atoms with Crippen LogP contribution in [-0.2, 0) is 23.8 Å². The molecule has 5 rings (SSSR count). The molecular formula is C29H24O6. The number of benzene rings is 3. The lowest BCUT2D eigenvalue weighted by molar-refractivity contribution is -0.135. The highest BCUT2D eigenvalue weighted by Gasteiger charge is 2.27. The molecule has 1 aliphatic heterocycles. The van der Waals surface area contributed by atoms with E-state index in [1.807, 2.05) is 30.3 Å². The van der Waals surface area contributed by atoms with Crippen LogP contribution in [0.4, 0.5) is 0 Å². The van der Waals surface area contributed by atoms with Crippen molar-refractivity contribution >= 4 is 46.5 Å². The Bertz CT molecular complexity index is 1510. The summed E-state index contributed by atoms with van der Waals surface area (Å²) >= 11 is 0. The minimum atomic E-state index is -0.396. The average molecular weight is 469 g/mol. The van der Waals surface area contributed by atoms with Crippen molar-refractivity contribution in [2.24, 2.45) is 0 Å². The fourth-order valence-electron chi connectivity index (χ4n) is 4.55. The molecule has 3 aromatic rings. The van der Waals surface area contributed by atoms with Crippen molar-refractivity contribution in [3.63, 3.8) is 0 Å². The molecule has 1 heterocycles. The molecule has 1 aliphatic carbocycles. The number of hydrogen-bond acceptors (Lipinski definition) is 6. The van der Waals surface area contributed by atoms with Gasteiger partial charge in [0.25, 0.3) is 0 Å². The van der Waals surface area contributed by atoms with Crippen LogP contribution < -0.4 is 15.2 Å². The molecule has 35 heavy (non-hydrogen) atoms. The Labute approximate surface area is 202 Å². The minimum absolute atomic E-state index is 0.135. The molecule has 0 fully saturated rings. The van der Waals surface area contributed by atoms with Gasteiger partial charge in [0.1, 0.15) is 5.75 Å². The Kier molecular flexibility index (Phi) is 6.21. The van der Waals surface area contributed by atoms with E-state index in [1.165, 1.54) is 26.4 Å². The molecule has 1 unspecified atom stereocenters. The predicted molar refractivity (Wildman–Crippen MR) is 134 cm³/mol. The van der Waals surface area contributed by atoms with Gasteiger partial charge in [0, 0.05) is 23.3 Å². The first-order chi connectivity index (χ1) is 17.1. The maximum absolute atomic E-state index is 11.5. The van der Waals surface area contributed by atoms with Crippen molar-refractivity contribution in [2.75, 3.05) is 21.0 Å². The van der Waals surface area contributed by atoms with Crippen LogP contribution in [0.1, 0.15) is 23.1 Å². The zero-order chi connectivity index (χ0) is 24.4. The second kappa shape index (κ2) is 9.60. The molecule has 2 aliphatic rings. The van der Waals surface area contributed by atoms with E-state index in [4.69, 9.17) is 18.9 Å². The van der Waals surface area contributed by atoms with Crippen molar-refractivity contribution < 1.29 is 28.5 Å². The third-order valence-electron chi connectivity index (χ3n) is 6.22. The van der Waals surface area contributed by atoms with E-state index in [9.17, 15) is 9.59 Å². The highest BCUT2D eigenvalue weighted by atomic mass is 16.7. The molecule has 6 nitrogen and oxygen atoms in total. The van der Waals surface area contributed by atoms with E-state index in [0.717, 1.165) is 49.2 Å². The van der Waals surface area contributed by atoms with Gasteiger partial charge in [-0.2, -0.15) is 0 Å². The Morgan fingerprint density at radius 2 is 1.63 bits per heavy atom. The number of ether oxygens (including phenoxy) is 4. The van der Waals surface area contributed by atoms with Gasteiger partial charge in [-0.3, -0.25) is 0 Å². The summed E-state index contributed by atoms with van der Waals surface area (Å²) in [7, 11) is 2.72. The third-order valence-corrected chi connectivity index (χ3v) is 6.22. The Balaban J connectivity index is 1.68. The molecule has 0 spiro atoms. The van der Waals surface area contributed by atoms with Gasteiger partial charge >= 0.3 is 11.9 Å². The van der Waals surface area contributed by atoms with Crippen molar-refractivity contribution in [1.82, 2.24) is 0 Å². The van der Waals surface area contributed by atoms with Crippen molar-refractivity contribution in [3.05, 3.63) is 87.8 Å². The molecular weight excluding hydrogens is 444 g/mol. The summed E-state index contributed by atoms with van der Waals surface area (Å²) < 4.78 is 21.5. The molecule has 176 valence electrons. The number of hydrogen-bond donors (Lipinski definition) is 0. The Morgan fingerprint density at radius 1 is 0.914 bits per heavy atom. The van der Waals surface area contributed by atoms with Gasteiger partial charge in [-0.05, 0) is 69.1 Å². The van der Waals surface area contributed by atoms with Crippen LogP contribution in [-0.4, -0.2) is 39.1 Å². The monoisotopic (exact) mass is 468 g/mol. The van der Waals surface area contributed by atoms with Crippen LogP contribution in [0, 0.1) is 0 Å². The first-order valence-corrected chi connectivity index (χ1v) is 11.3. The highest BCUT2D eigenvalue weighted by molar-refractivity contribution is 5.99. The molecule has 0 aromatic heterocycles. The number of fused-ring (bicyclic) bond motifs is 6. The van der Waals surface area contributed by atoms with Crippen molar-refractivity contribution in [2.45, 2.75) is 12.5 Å². The molecule has 0 saturated heterocycles. The van der Waals surface area contributed by atoms with Crippen LogP contribution in [0.5, 0.6) is 5.75 Å². The van der Waals surface area contributed by atoms with E-state index in [-0.39, 0.29) is 12.9 Å². The summed E-state index contributed by atoms with van der Waals surface area (Å²) in [6, 6.07) is 16.1. The fraction of sp³-hybridized carbons (Fsp3) is 0.172. The largest absolute Gasteiger partial charge is 0.467 e. The lowest BCUT2D eigenvalue weighted by Gasteiger charge is -2.21. The van der Waals surface area contributed by atoms with Crippen LogP contribution in [0.15, 0.2) is 60.7 Å². The standard InChI is InChI=1S/C29H24O6/c1-32-26(30)13-5-18-3-9-22-20(15-18)7-11-24-28(22)29-23-10-4-19(6-14-27(31)33-2)16-21(23)8-12-25(29)35-17-34-24/h3-11,13-16,25H,12,17H2,1-2H3/b13-5+,14-6+. The van der Waals surface area contributed by atoms with Gasteiger partial charge in [0.15, 0.2) is 6.79 Å². The molecule has 1 atom stereocenters. The Hall–Kier alpha value is -4.16. The van der Waals surface area contributed by atoms with Gasteiger partial charge < -0.3 is 18.9 Å². The zero-order valence-electron chi connectivity index (χ0n) is 19.4. The predicted octanol–water partition coefficient (Wildman–Crippen LogP) is 3.33. The lowest BCUT2D eigenvalue weighted by atomic mass is 9.87. The summed E-state index contributed by atoms with van der Waals surface area (Å²) in [4.78, 5) is 23.0. The molecule has 0 saturated carbocycles. The summed E-state index contributed by atoms with van der Waals surface area (Å²) in [5.41, 5.74) is 3.91. The second-order valence-corrected chi connectivity index (χ2v) is 8.25. The summed E-state index contributed by atoms with van der Waals surface area (Å²) in [5, 5.41) is 4.23. The summed E-state index contributed by atoms with van der Waals surface area (Å²) in [6.45, 7) is 0.176. The number of methoxy groups -OCH3 is 2. The summed E-state index contributed by atoms with van der Waals surface area (Å²) in [6.07, 6.45) is 9.04. The highest BCUT2D eigenvalue weighted by Crippen LogP contribution is 2.38. The quantitative estimate of drug-likeness (QED) is 0.432. The fourth-order valence-corrected chi connectivity index (χ4v) is 4.55. The Morgan fingerprint density at radius 3 is 2.37 bits per heavy atom. The van der Waals surface area contributed by atoms with E-state index in [0.29, 0.717) is 6.42 Å². The second-order valence-electron chi connectivity index (χ2n) is 8.25. The van der Waals surface area contributed by atoms with Crippen LogP contribution in [0.3, 0.4) is 0 Å². The number of rotatable bonds is 4. The van der Waals surface area contributed by atoms with Gasteiger partial charge in [-0.15, -0.1) is 0 Å². The first kappa shape index (κ1) is 22.6. The summed E-state index contributed by atoms with van der Waals surface area (Å²) in [5.74, 6) is -0.0149. The minimum Gasteiger partial charge on any atom is -0.467 e. The number of carbonyl (C=O) groups is 2. The smallest absolute Gasteiger partial charge is 0.330 e. The lowest BCUT2D eigenvalue weighted by Crippen LogP contribution is -2.36.